The second kappa shape index (κ2) is 6.75. The Hall–Kier alpha value is -2.13. The van der Waals surface area contributed by atoms with Crippen LogP contribution in [0.5, 0.6) is 5.75 Å². The standard InChI is InChI=1S/C19H14BrFO/c20-15-10-11-16(18(21)12-15)17-8-4-5-9-19(17)22-13-14-6-2-1-3-7-14/h1-12H,13H2. The molecular formula is C19H14BrFO. The van der Waals surface area contributed by atoms with E-state index in [1.165, 1.54) is 6.07 Å². The number of ether oxygens (including phenoxy) is 1. The van der Waals surface area contributed by atoms with Gasteiger partial charge in [-0.15, -0.1) is 0 Å². The molecule has 0 radical (unpaired) electrons. The predicted octanol–water partition coefficient (Wildman–Crippen LogP) is 5.83. The van der Waals surface area contributed by atoms with Crippen LogP contribution in [0.4, 0.5) is 4.39 Å². The van der Waals surface area contributed by atoms with Gasteiger partial charge in [-0.25, -0.2) is 4.39 Å². The molecule has 0 N–H and O–H groups in total. The summed E-state index contributed by atoms with van der Waals surface area (Å²) in [6, 6.07) is 22.5. The summed E-state index contributed by atoms with van der Waals surface area (Å²) in [7, 11) is 0. The van der Waals surface area contributed by atoms with E-state index in [0.717, 1.165) is 15.6 Å². The lowest BCUT2D eigenvalue weighted by Crippen LogP contribution is -1.97. The molecule has 3 aromatic carbocycles. The van der Waals surface area contributed by atoms with Crippen LogP contribution in [-0.4, -0.2) is 0 Å². The average Bonchev–Trinajstić information content (AvgIpc) is 2.54. The third kappa shape index (κ3) is 3.37. The van der Waals surface area contributed by atoms with Crippen LogP contribution < -0.4 is 4.74 Å². The molecule has 0 amide bonds. The van der Waals surface area contributed by atoms with Gasteiger partial charge in [0.15, 0.2) is 0 Å². The Balaban J connectivity index is 1.90. The van der Waals surface area contributed by atoms with Gasteiger partial charge in [-0.1, -0.05) is 70.5 Å². The topological polar surface area (TPSA) is 9.23 Å². The smallest absolute Gasteiger partial charge is 0.132 e. The van der Waals surface area contributed by atoms with Crippen LogP contribution in [0.2, 0.25) is 0 Å². The highest BCUT2D eigenvalue weighted by atomic mass is 79.9. The molecule has 0 aromatic heterocycles. The summed E-state index contributed by atoms with van der Waals surface area (Å²) in [5, 5.41) is 0. The second-order valence-electron chi connectivity index (χ2n) is 4.89. The van der Waals surface area contributed by atoms with Crippen LogP contribution in [0.15, 0.2) is 77.3 Å². The summed E-state index contributed by atoms with van der Waals surface area (Å²) in [4.78, 5) is 0. The summed E-state index contributed by atoms with van der Waals surface area (Å²) in [5.74, 6) is 0.401. The van der Waals surface area contributed by atoms with Gasteiger partial charge in [-0.05, 0) is 23.8 Å². The van der Waals surface area contributed by atoms with Gasteiger partial charge < -0.3 is 4.74 Å². The Labute approximate surface area is 137 Å². The molecule has 0 atom stereocenters. The van der Waals surface area contributed by atoms with Crippen molar-refractivity contribution in [3.8, 4) is 16.9 Å². The average molecular weight is 357 g/mol. The van der Waals surface area contributed by atoms with Crippen LogP contribution in [0.1, 0.15) is 5.56 Å². The molecule has 3 heteroatoms. The number of para-hydroxylation sites is 1. The van der Waals surface area contributed by atoms with Crippen molar-refractivity contribution in [2.24, 2.45) is 0 Å². The van der Waals surface area contributed by atoms with E-state index in [9.17, 15) is 4.39 Å². The molecular weight excluding hydrogens is 343 g/mol. The van der Waals surface area contributed by atoms with Crippen molar-refractivity contribution < 1.29 is 9.13 Å². The highest BCUT2D eigenvalue weighted by Gasteiger charge is 2.11. The number of benzene rings is 3. The predicted molar refractivity (Wildman–Crippen MR) is 90.3 cm³/mol. The van der Waals surface area contributed by atoms with E-state index in [0.29, 0.717) is 17.9 Å². The molecule has 0 saturated heterocycles. The third-order valence-corrected chi connectivity index (χ3v) is 3.84. The van der Waals surface area contributed by atoms with E-state index >= 15 is 0 Å². The number of rotatable bonds is 4. The first-order valence-electron chi connectivity index (χ1n) is 6.95. The maximum absolute atomic E-state index is 14.2. The fourth-order valence-electron chi connectivity index (χ4n) is 2.26. The molecule has 0 saturated carbocycles. The van der Waals surface area contributed by atoms with Gasteiger partial charge in [-0.2, -0.15) is 0 Å². The summed E-state index contributed by atoms with van der Waals surface area (Å²) in [6.07, 6.45) is 0. The number of hydrogen-bond acceptors (Lipinski definition) is 1. The van der Waals surface area contributed by atoms with Gasteiger partial charge in [-0.3, -0.25) is 0 Å². The number of hydrogen-bond donors (Lipinski definition) is 0. The molecule has 3 rings (SSSR count). The Morgan fingerprint density at radius 2 is 1.55 bits per heavy atom. The first kappa shape index (κ1) is 14.8. The molecule has 0 bridgehead atoms. The fourth-order valence-corrected chi connectivity index (χ4v) is 2.59. The van der Waals surface area contributed by atoms with E-state index in [-0.39, 0.29) is 5.82 Å². The van der Waals surface area contributed by atoms with Gasteiger partial charge >= 0.3 is 0 Å². The summed E-state index contributed by atoms with van der Waals surface area (Å²) in [6.45, 7) is 0.454. The van der Waals surface area contributed by atoms with Gasteiger partial charge in [0.25, 0.3) is 0 Å². The minimum Gasteiger partial charge on any atom is -0.488 e. The minimum absolute atomic E-state index is 0.273. The molecule has 22 heavy (non-hydrogen) atoms. The first-order chi connectivity index (χ1) is 10.7. The van der Waals surface area contributed by atoms with E-state index in [1.54, 1.807) is 6.07 Å². The molecule has 0 unspecified atom stereocenters. The lowest BCUT2D eigenvalue weighted by atomic mass is 10.0. The Morgan fingerprint density at radius 1 is 0.818 bits per heavy atom. The minimum atomic E-state index is -0.273. The Kier molecular flexibility index (Phi) is 4.54. The van der Waals surface area contributed by atoms with Crippen molar-refractivity contribution in [2.75, 3.05) is 0 Å². The van der Waals surface area contributed by atoms with Crippen molar-refractivity contribution in [2.45, 2.75) is 6.61 Å². The molecule has 0 spiro atoms. The molecule has 3 aromatic rings. The molecule has 1 nitrogen and oxygen atoms in total. The maximum Gasteiger partial charge on any atom is 0.132 e. The first-order valence-corrected chi connectivity index (χ1v) is 7.74. The SMILES string of the molecule is Fc1cc(Br)ccc1-c1ccccc1OCc1ccccc1. The van der Waals surface area contributed by atoms with E-state index in [1.807, 2.05) is 60.7 Å². The zero-order chi connectivity index (χ0) is 15.4. The van der Waals surface area contributed by atoms with Crippen LogP contribution >= 0.6 is 15.9 Å². The van der Waals surface area contributed by atoms with Gasteiger partial charge in [0.05, 0.1) is 0 Å². The van der Waals surface area contributed by atoms with Gasteiger partial charge in [0.1, 0.15) is 18.2 Å². The van der Waals surface area contributed by atoms with Crippen molar-refractivity contribution in [3.05, 3.63) is 88.6 Å². The molecule has 0 aliphatic rings. The molecule has 110 valence electrons. The zero-order valence-corrected chi connectivity index (χ0v) is 13.4. The zero-order valence-electron chi connectivity index (χ0n) is 11.8. The second-order valence-corrected chi connectivity index (χ2v) is 5.81. The third-order valence-electron chi connectivity index (χ3n) is 3.35. The largest absolute Gasteiger partial charge is 0.488 e. The highest BCUT2D eigenvalue weighted by molar-refractivity contribution is 9.10. The van der Waals surface area contributed by atoms with E-state index < -0.39 is 0 Å². The van der Waals surface area contributed by atoms with Crippen molar-refractivity contribution >= 4 is 15.9 Å². The quantitative estimate of drug-likeness (QED) is 0.570. The van der Waals surface area contributed by atoms with Crippen molar-refractivity contribution in [1.29, 1.82) is 0 Å². The Morgan fingerprint density at radius 3 is 2.32 bits per heavy atom. The highest BCUT2D eigenvalue weighted by Crippen LogP contribution is 2.33. The number of halogens is 2. The van der Waals surface area contributed by atoms with Crippen LogP contribution in [0, 0.1) is 5.82 Å². The lowest BCUT2D eigenvalue weighted by molar-refractivity contribution is 0.307. The molecule has 0 aliphatic heterocycles. The van der Waals surface area contributed by atoms with Crippen molar-refractivity contribution in [1.82, 2.24) is 0 Å². The van der Waals surface area contributed by atoms with E-state index in [2.05, 4.69) is 15.9 Å². The summed E-state index contributed by atoms with van der Waals surface area (Å²) < 4.78 is 20.8. The van der Waals surface area contributed by atoms with Crippen molar-refractivity contribution in [3.63, 3.8) is 0 Å². The van der Waals surface area contributed by atoms with E-state index in [4.69, 9.17) is 4.74 Å². The Bertz CT molecular complexity index is 771. The summed E-state index contributed by atoms with van der Waals surface area (Å²) >= 11 is 3.28. The van der Waals surface area contributed by atoms with Crippen LogP contribution in [0.3, 0.4) is 0 Å². The molecule has 0 heterocycles. The molecule has 0 aliphatic carbocycles. The van der Waals surface area contributed by atoms with Crippen LogP contribution in [0.25, 0.3) is 11.1 Å². The van der Waals surface area contributed by atoms with Gasteiger partial charge in [0, 0.05) is 15.6 Å². The fraction of sp³-hybridized carbons (Fsp3) is 0.0526. The normalized spacial score (nSPS) is 10.5. The van der Waals surface area contributed by atoms with Crippen LogP contribution in [-0.2, 0) is 6.61 Å². The van der Waals surface area contributed by atoms with Gasteiger partial charge in [0.2, 0.25) is 0 Å². The lowest BCUT2D eigenvalue weighted by Gasteiger charge is -2.12. The monoisotopic (exact) mass is 356 g/mol. The summed E-state index contributed by atoms with van der Waals surface area (Å²) in [5.41, 5.74) is 2.36. The maximum atomic E-state index is 14.2. The molecule has 0 fully saturated rings.